The van der Waals surface area contributed by atoms with Crippen LogP contribution in [0.4, 0.5) is 5.00 Å². The number of nitrogens with one attached hydrogen (secondary N) is 1. The lowest BCUT2D eigenvalue weighted by Gasteiger charge is -2.12. The molecule has 0 unspecified atom stereocenters. The summed E-state index contributed by atoms with van der Waals surface area (Å²) in [5.74, 6) is -0.529. The number of thiophene rings is 1. The molecule has 0 aromatic carbocycles. The molecule has 0 aliphatic heterocycles. The van der Waals surface area contributed by atoms with E-state index in [2.05, 4.69) is 10.4 Å². The number of ether oxygens (including phenoxy) is 1. The second-order valence-corrected chi connectivity index (χ2v) is 7.37. The van der Waals surface area contributed by atoms with Crippen molar-refractivity contribution in [3.8, 4) is 0 Å². The molecule has 25 heavy (non-hydrogen) atoms. The molecule has 1 amide bonds. The number of hydrogen-bond donors (Lipinski definition) is 1. The number of aryl methyl sites for hydroxylation is 3. The van der Waals surface area contributed by atoms with E-state index >= 15 is 0 Å². The topological polar surface area (TPSA) is 73.2 Å². The maximum absolute atomic E-state index is 12.5. The number of carbonyl (C=O) groups excluding carboxylic acids is 2. The Labute approximate surface area is 151 Å². The van der Waals surface area contributed by atoms with E-state index in [4.69, 9.17) is 4.74 Å². The predicted molar refractivity (Wildman–Crippen MR) is 97.2 cm³/mol. The standard InChI is InChI=1S/C18H23N3O3S/c1-4-24-18(23)16-13-7-5-6-8-14(13)25-17(16)19-15(22)10-21-12(3)9-11(2)20-21/h9H,4-8,10H2,1-3H3,(H,19,22). The number of hydrogen-bond acceptors (Lipinski definition) is 5. The SMILES string of the molecule is CCOC(=O)c1c(NC(=O)Cn2nc(C)cc2C)sc2c1CCCC2. The van der Waals surface area contributed by atoms with Crippen LogP contribution in [0.25, 0.3) is 0 Å². The van der Waals surface area contributed by atoms with Crippen LogP contribution in [-0.2, 0) is 28.9 Å². The summed E-state index contributed by atoms with van der Waals surface area (Å²) in [7, 11) is 0. The summed E-state index contributed by atoms with van der Waals surface area (Å²) in [5, 5.41) is 7.83. The van der Waals surface area contributed by atoms with Gasteiger partial charge in [0.1, 0.15) is 11.5 Å². The fourth-order valence-corrected chi connectivity index (χ4v) is 4.50. The highest BCUT2D eigenvalue weighted by atomic mass is 32.1. The van der Waals surface area contributed by atoms with Gasteiger partial charge < -0.3 is 10.1 Å². The Morgan fingerprint density at radius 3 is 2.76 bits per heavy atom. The minimum absolute atomic E-state index is 0.129. The highest BCUT2D eigenvalue weighted by Crippen LogP contribution is 2.38. The van der Waals surface area contributed by atoms with E-state index in [0.29, 0.717) is 17.2 Å². The lowest BCUT2D eigenvalue weighted by Crippen LogP contribution is -2.21. The molecule has 0 fully saturated rings. The number of rotatable bonds is 5. The van der Waals surface area contributed by atoms with Crippen LogP contribution in [0.2, 0.25) is 0 Å². The Kier molecular flexibility index (Phi) is 5.22. The number of anilines is 1. The van der Waals surface area contributed by atoms with Gasteiger partial charge >= 0.3 is 5.97 Å². The van der Waals surface area contributed by atoms with Crippen LogP contribution in [0.5, 0.6) is 0 Å². The van der Waals surface area contributed by atoms with Gasteiger partial charge in [-0.1, -0.05) is 0 Å². The molecule has 0 saturated carbocycles. The molecule has 6 nitrogen and oxygen atoms in total. The number of carbonyl (C=O) groups is 2. The minimum atomic E-state index is -0.344. The zero-order chi connectivity index (χ0) is 18.0. The van der Waals surface area contributed by atoms with Crippen molar-refractivity contribution < 1.29 is 14.3 Å². The van der Waals surface area contributed by atoms with Gasteiger partial charge in [0.25, 0.3) is 0 Å². The molecule has 2 aromatic heterocycles. The zero-order valence-electron chi connectivity index (χ0n) is 14.8. The molecule has 1 aliphatic rings. The Bertz CT molecular complexity index is 807. The third-order valence-electron chi connectivity index (χ3n) is 4.30. The van der Waals surface area contributed by atoms with Gasteiger partial charge in [-0.2, -0.15) is 5.10 Å². The van der Waals surface area contributed by atoms with E-state index in [1.165, 1.54) is 16.2 Å². The fraction of sp³-hybridized carbons (Fsp3) is 0.500. The molecule has 0 saturated heterocycles. The van der Waals surface area contributed by atoms with Gasteiger partial charge in [0.2, 0.25) is 5.91 Å². The van der Waals surface area contributed by atoms with Crippen LogP contribution < -0.4 is 5.32 Å². The highest BCUT2D eigenvalue weighted by molar-refractivity contribution is 7.17. The first kappa shape index (κ1) is 17.7. The predicted octanol–water partition coefficient (Wildman–Crippen LogP) is 3.26. The van der Waals surface area contributed by atoms with Gasteiger partial charge in [-0.3, -0.25) is 9.48 Å². The Morgan fingerprint density at radius 1 is 1.32 bits per heavy atom. The van der Waals surface area contributed by atoms with E-state index in [9.17, 15) is 9.59 Å². The molecule has 0 radical (unpaired) electrons. The third-order valence-corrected chi connectivity index (χ3v) is 5.51. The Balaban J connectivity index is 1.83. The molecule has 0 atom stereocenters. The van der Waals surface area contributed by atoms with E-state index < -0.39 is 0 Å². The van der Waals surface area contributed by atoms with Gasteiger partial charge in [0.15, 0.2) is 0 Å². The second-order valence-electron chi connectivity index (χ2n) is 6.27. The molecule has 1 aliphatic carbocycles. The summed E-state index contributed by atoms with van der Waals surface area (Å²) >= 11 is 1.50. The van der Waals surface area contributed by atoms with Gasteiger partial charge in [0.05, 0.1) is 17.9 Å². The van der Waals surface area contributed by atoms with E-state index in [0.717, 1.165) is 42.6 Å². The molecular formula is C18H23N3O3S. The zero-order valence-corrected chi connectivity index (χ0v) is 15.7. The number of amides is 1. The number of aromatic nitrogens is 2. The van der Waals surface area contributed by atoms with Crippen molar-refractivity contribution in [3.05, 3.63) is 33.5 Å². The molecule has 0 bridgehead atoms. The summed E-state index contributed by atoms with van der Waals surface area (Å²) in [6.45, 7) is 6.06. The lowest BCUT2D eigenvalue weighted by atomic mass is 9.95. The van der Waals surface area contributed by atoms with Crippen LogP contribution in [0, 0.1) is 13.8 Å². The van der Waals surface area contributed by atoms with Crippen molar-refractivity contribution in [2.45, 2.75) is 53.0 Å². The van der Waals surface area contributed by atoms with Crippen molar-refractivity contribution in [1.82, 2.24) is 9.78 Å². The van der Waals surface area contributed by atoms with Gasteiger partial charge in [-0.15, -0.1) is 11.3 Å². The lowest BCUT2D eigenvalue weighted by molar-refractivity contribution is -0.116. The largest absolute Gasteiger partial charge is 0.462 e. The summed E-state index contributed by atoms with van der Waals surface area (Å²) < 4.78 is 6.88. The molecule has 2 aromatic rings. The Hall–Kier alpha value is -2.15. The molecule has 0 spiro atoms. The average molecular weight is 361 g/mol. The monoisotopic (exact) mass is 361 g/mol. The molecule has 2 heterocycles. The Morgan fingerprint density at radius 2 is 2.08 bits per heavy atom. The van der Waals surface area contributed by atoms with Crippen molar-refractivity contribution in [1.29, 1.82) is 0 Å². The van der Waals surface area contributed by atoms with Gasteiger partial charge in [-0.05, 0) is 58.1 Å². The summed E-state index contributed by atoms with van der Waals surface area (Å²) in [6.07, 6.45) is 4.01. The number of esters is 1. The smallest absolute Gasteiger partial charge is 0.341 e. The summed E-state index contributed by atoms with van der Waals surface area (Å²) in [5.41, 5.74) is 3.41. The van der Waals surface area contributed by atoms with E-state index in [-0.39, 0.29) is 18.4 Å². The minimum Gasteiger partial charge on any atom is -0.462 e. The highest BCUT2D eigenvalue weighted by Gasteiger charge is 2.27. The quantitative estimate of drug-likeness (QED) is 0.830. The molecule has 134 valence electrons. The van der Waals surface area contributed by atoms with Crippen LogP contribution in [-0.4, -0.2) is 28.3 Å². The normalized spacial score (nSPS) is 13.4. The maximum atomic E-state index is 12.5. The fourth-order valence-electron chi connectivity index (χ4n) is 3.21. The second kappa shape index (κ2) is 7.39. The summed E-state index contributed by atoms with van der Waals surface area (Å²) in [6, 6.07) is 1.93. The maximum Gasteiger partial charge on any atom is 0.341 e. The third kappa shape index (κ3) is 3.76. The van der Waals surface area contributed by atoms with Crippen LogP contribution in [0.3, 0.4) is 0 Å². The van der Waals surface area contributed by atoms with Crippen LogP contribution in [0.1, 0.15) is 52.0 Å². The first-order valence-corrected chi connectivity index (χ1v) is 9.43. The molecule has 7 heteroatoms. The summed E-state index contributed by atoms with van der Waals surface area (Å²) in [4.78, 5) is 26.1. The van der Waals surface area contributed by atoms with Gasteiger partial charge in [0, 0.05) is 10.6 Å². The first-order valence-electron chi connectivity index (χ1n) is 8.62. The first-order chi connectivity index (χ1) is 12.0. The average Bonchev–Trinajstić information content (AvgIpc) is 3.06. The van der Waals surface area contributed by atoms with Crippen molar-refractivity contribution >= 4 is 28.2 Å². The van der Waals surface area contributed by atoms with E-state index in [1.807, 2.05) is 19.9 Å². The van der Waals surface area contributed by atoms with Crippen molar-refractivity contribution in [3.63, 3.8) is 0 Å². The van der Waals surface area contributed by atoms with Crippen molar-refractivity contribution in [2.75, 3.05) is 11.9 Å². The van der Waals surface area contributed by atoms with Gasteiger partial charge in [-0.25, -0.2) is 4.79 Å². The molecule has 3 rings (SSSR count). The van der Waals surface area contributed by atoms with E-state index in [1.54, 1.807) is 11.6 Å². The number of fused-ring (bicyclic) bond motifs is 1. The van der Waals surface area contributed by atoms with Crippen LogP contribution in [0.15, 0.2) is 6.07 Å². The van der Waals surface area contributed by atoms with Crippen molar-refractivity contribution in [2.24, 2.45) is 0 Å². The molecule has 1 N–H and O–H groups in total. The number of nitrogens with zero attached hydrogens (tertiary/aromatic N) is 2. The van der Waals surface area contributed by atoms with Crippen LogP contribution >= 0.6 is 11.3 Å². The molecular weight excluding hydrogens is 338 g/mol.